The first-order valence-corrected chi connectivity index (χ1v) is 10.8. The van der Waals surface area contributed by atoms with Crippen molar-refractivity contribution in [3.05, 3.63) is 76.4 Å². The molecule has 1 aliphatic rings. The SMILES string of the molecule is Cc1cc(N2CCN(Cc3ccc(N)cc3)C2=O)sc1C(=O)CCc1cccnc1. The largest absolute Gasteiger partial charge is 0.399 e. The molecule has 2 amide bonds. The van der Waals surface area contributed by atoms with Crippen LogP contribution in [0.5, 0.6) is 0 Å². The van der Waals surface area contributed by atoms with E-state index >= 15 is 0 Å². The van der Waals surface area contributed by atoms with Gasteiger partial charge in [0.05, 0.1) is 9.88 Å². The minimum Gasteiger partial charge on any atom is -0.399 e. The number of rotatable bonds is 7. The number of urea groups is 1. The molecule has 4 rings (SSSR count). The van der Waals surface area contributed by atoms with Crippen LogP contribution in [0.15, 0.2) is 54.9 Å². The molecular formula is C23H24N4O2S. The van der Waals surface area contributed by atoms with Crippen molar-refractivity contribution in [3.8, 4) is 0 Å². The minimum atomic E-state index is -0.0255. The maximum atomic E-state index is 12.9. The van der Waals surface area contributed by atoms with E-state index in [4.69, 9.17) is 5.73 Å². The van der Waals surface area contributed by atoms with E-state index < -0.39 is 0 Å². The Labute approximate surface area is 180 Å². The number of nitrogen functional groups attached to an aromatic ring is 1. The van der Waals surface area contributed by atoms with Gasteiger partial charge in [0.1, 0.15) is 0 Å². The van der Waals surface area contributed by atoms with Gasteiger partial charge in [-0.3, -0.25) is 14.7 Å². The van der Waals surface area contributed by atoms with Crippen molar-refractivity contribution in [2.75, 3.05) is 23.7 Å². The van der Waals surface area contributed by atoms with E-state index in [9.17, 15) is 9.59 Å². The molecule has 0 spiro atoms. The fourth-order valence-corrected chi connectivity index (χ4v) is 4.73. The van der Waals surface area contributed by atoms with Crippen LogP contribution >= 0.6 is 11.3 Å². The van der Waals surface area contributed by atoms with E-state index in [1.54, 1.807) is 17.3 Å². The summed E-state index contributed by atoms with van der Waals surface area (Å²) in [7, 11) is 0. The van der Waals surface area contributed by atoms with Crippen LogP contribution in [0, 0.1) is 6.92 Å². The molecule has 3 heterocycles. The number of aromatic nitrogens is 1. The highest BCUT2D eigenvalue weighted by molar-refractivity contribution is 7.18. The standard InChI is InChI=1S/C23H24N4O2S/c1-16-13-21(30-22(16)20(28)9-6-17-3-2-10-25-14-17)27-12-11-26(23(27)29)15-18-4-7-19(24)8-5-18/h2-5,7-8,10,13-14H,6,9,11-12,15,24H2,1H3. The Bertz CT molecular complexity index is 1050. The smallest absolute Gasteiger partial charge is 0.325 e. The number of amides is 2. The maximum absolute atomic E-state index is 12.9. The zero-order valence-corrected chi connectivity index (χ0v) is 17.7. The average molecular weight is 421 g/mol. The number of Topliss-reactive ketones (excluding diaryl/α,β-unsaturated/α-hetero) is 1. The van der Waals surface area contributed by atoms with Crippen molar-refractivity contribution >= 4 is 33.8 Å². The third kappa shape index (κ3) is 4.36. The van der Waals surface area contributed by atoms with E-state index in [2.05, 4.69) is 4.98 Å². The van der Waals surface area contributed by atoms with Crippen LogP contribution in [0.4, 0.5) is 15.5 Å². The molecule has 2 aromatic heterocycles. The van der Waals surface area contributed by atoms with Gasteiger partial charge in [-0.2, -0.15) is 0 Å². The molecule has 0 saturated carbocycles. The zero-order chi connectivity index (χ0) is 21.1. The van der Waals surface area contributed by atoms with Crippen LogP contribution in [0.1, 0.15) is 32.8 Å². The molecule has 0 bridgehead atoms. The van der Waals surface area contributed by atoms with Crippen LogP contribution in [0.3, 0.4) is 0 Å². The van der Waals surface area contributed by atoms with Crippen molar-refractivity contribution < 1.29 is 9.59 Å². The Morgan fingerprint density at radius 1 is 1.17 bits per heavy atom. The summed E-state index contributed by atoms with van der Waals surface area (Å²) >= 11 is 1.41. The highest BCUT2D eigenvalue weighted by Crippen LogP contribution is 2.33. The number of nitrogens with zero attached hydrogens (tertiary/aromatic N) is 3. The highest BCUT2D eigenvalue weighted by atomic mass is 32.1. The van der Waals surface area contributed by atoms with E-state index in [0.717, 1.165) is 26.6 Å². The molecule has 0 radical (unpaired) electrons. The average Bonchev–Trinajstić information content (AvgIpc) is 3.31. The third-order valence-corrected chi connectivity index (χ3v) is 6.54. The summed E-state index contributed by atoms with van der Waals surface area (Å²) in [4.78, 5) is 34.1. The topological polar surface area (TPSA) is 79.5 Å². The summed E-state index contributed by atoms with van der Waals surface area (Å²) in [6, 6.07) is 13.4. The van der Waals surface area contributed by atoms with Gasteiger partial charge in [0, 0.05) is 44.1 Å². The number of hydrogen-bond acceptors (Lipinski definition) is 5. The third-order valence-electron chi connectivity index (χ3n) is 5.24. The first-order valence-electron chi connectivity index (χ1n) is 9.94. The van der Waals surface area contributed by atoms with E-state index in [1.165, 1.54) is 11.3 Å². The lowest BCUT2D eigenvalue weighted by Gasteiger charge is -2.17. The second-order valence-corrected chi connectivity index (χ2v) is 8.51. The van der Waals surface area contributed by atoms with Crippen LogP contribution < -0.4 is 10.6 Å². The number of benzene rings is 1. The Kier molecular flexibility index (Phi) is 5.81. The summed E-state index contributed by atoms with van der Waals surface area (Å²) in [5.41, 5.74) is 9.47. The molecule has 2 N–H and O–H groups in total. The fourth-order valence-electron chi connectivity index (χ4n) is 3.57. The Hall–Kier alpha value is -3.19. The van der Waals surface area contributed by atoms with E-state index in [0.29, 0.717) is 38.2 Å². The first kappa shape index (κ1) is 20.1. The number of pyridine rings is 1. The molecule has 1 saturated heterocycles. The number of thiophene rings is 1. The predicted molar refractivity (Wildman–Crippen MR) is 120 cm³/mol. The van der Waals surface area contributed by atoms with Crippen molar-refractivity contribution in [2.24, 2.45) is 0 Å². The molecule has 6 nitrogen and oxygen atoms in total. The molecule has 3 aromatic rings. The van der Waals surface area contributed by atoms with Gasteiger partial charge in [-0.1, -0.05) is 18.2 Å². The monoisotopic (exact) mass is 420 g/mol. The van der Waals surface area contributed by atoms with Gasteiger partial charge in [0.25, 0.3) is 0 Å². The summed E-state index contributed by atoms with van der Waals surface area (Å²) in [5, 5.41) is 0.835. The molecule has 154 valence electrons. The Morgan fingerprint density at radius 3 is 2.70 bits per heavy atom. The van der Waals surface area contributed by atoms with Crippen LogP contribution in [0.2, 0.25) is 0 Å². The summed E-state index contributed by atoms with van der Waals surface area (Å²) < 4.78 is 0. The zero-order valence-electron chi connectivity index (χ0n) is 16.9. The highest BCUT2D eigenvalue weighted by Gasteiger charge is 2.31. The summed E-state index contributed by atoms with van der Waals surface area (Å²) in [5.74, 6) is 0.109. The number of hydrogen-bond donors (Lipinski definition) is 1. The molecular weight excluding hydrogens is 396 g/mol. The van der Waals surface area contributed by atoms with Crippen molar-refractivity contribution in [3.63, 3.8) is 0 Å². The molecule has 1 aliphatic heterocycles. The lowest BCUT2D eigenvalue weighted by molar-refractivity contribution is 0.0986. The molecule has 7 heteroatoms. The quantitative estimate of drug-likeness (QED) is 0.457. The van der Waals surface area contributed by atoms with Gasteiger partial charge in [-0.15, -0.1) is 11.3 Å². The molecule has 1 fully saturated rings. The number of carbonyl (C=O) groups is 2. The van der Waals surface area contributed by atoms with Crippen molar-refractivity contribution in [1.29, 1.82) is 0 Å². The lowest BCUT2D eigenvalue weighted by Crippen LogP contribution is -2.30. The molecule has 0 unspecified atom stereocenters. The second-order valence-electron chi connectivity index (χ2n) is 7.48. The Morgan fingerprint density at radius 2 is 1.97 bits per heavy atom. The van der Waals surface area contributed by atoms with Crippen LogP contribution in [-0.2, 0) is 13.0 Å². The summed E-state index contributed by atoms with van der Waals surface area (Å²) in [6.45, 7) is 3.77. The van der Waals surface area contributed by atoms with Gasteiger partial charge in [-0.25, -0.2) is 4.79 Å². The van der Waals surface area contributed by atoms with Crippen molar-refractivity contribution in [1.82, 2.24) is 9.88 Å². The molecule has 0 atom stereocenters. The number of aryl methyl sites for hydroxylation is 2. The van der Waals surface area contributed by atoms with Crippen molar-refractivity contribution in [2.45, 2.75) is 26.3 Å². The second kappa shape index (κ2) is 8.67. The van der Waals surface area contributed by atoms with Gasteiger partial charge >= 0.3 is 6.03 Å². The van der Waals surface area contributed by atoms with E-state index in [1.807, 2.05) is 54.3 Å². The maximum Gasteiger partial charge on any atom is 0.325 e. The van der Waals surface area contributed by atoms with Crippen LogP contribution in [-0.4, -0.2) is 34.8 Å². The summed E-state index contributed by atoms with van der Waals surface area (Å²) in [6.07, 6.45) is 4.62. The lowest BCUT2D eigenvalue weighted by atomic mass is 10.1. The molecule has 1 aromatic carbocycles. The molecule has 0 aliphatic carbocycles. The van der Waals surface area contributed by atoms with Gasteiger partial charge < -0.3 is 10.6 Å². The number of carbonyl (C=O) groups excluding carboxylic acids is 2. The first-order chi connectivity index (χ1) is 14.5. The predicted octanol–water partition coefficient (Wildman–Crippen LogP) is 4.29. The van der Waals surface area contributed by atoms with E-state index in [-0.39, 0.29) is 11.8 Å². The van der Waals surface area contributed by atoms with Crippen LogP contribution in [0.25, 0.3) is 0 Å². The van der Waals surface area contributed by atoms with Gasteiger partial charge in [0.2, 0.25) is 0 Å². The normalized spacial score (nSPS) is 13.8. The minimum absolute atomic E-state index is 0.0255. The fraction of sp³-hybridized carbons (Fsp3) is 0.261. The molecule has 30 heavy (non-hydrogen) atoms. The number of anilines is 2. The number of nitrogens with two attached hydrogens (primary N) is 1. The van der Waals surface area contributed by atoms with Gasteiger partial charge in [-0.05, 0) is 54.3 Å². The number of ketones is 1. The Balaban J connectivity index is 1.41. The van der Waals surface area contributed by atoms with Gasteiger partial charge in [0.15, 0.2) is 5.78 Å².